The van der Waals surface area contributed by atoms with Crippen LogP contribution in [0.15, 0.2) is 49.6 Å². The van der Waals surface area contributed by atoms with E-state index < -0.39 is 24.8 Å². The van der Waals surface area contributed by atoms with E-state index in [0.29, 0.717) is 22.7 Å². The number of carbonyl (C=O) groups is 1. The highest BCUT2D eigenvalue weighted by Gasteiger charge is 2.38. The molecule has 6 rings (SSSR count). The number of piperazine rings is 1. The number of aromatic nitrogens is 5. The highest BCUT2D eigenvalue weighted by Crippen LogP contribution is 2.37. The van der Waals surface area contributed by atoms with Crippen LogP contribution in [-0.4, -0.2) is 98.1 Å². The van der Waals surface area contributed by atoms with Crippen molar-refractivity contribution in [1.29, 1.82) is 0 Å². The topological polar surface area (TPSA) is 108 Å². The molecule has 0 atom stereocenters. The number of anilines is 2. The first kappa shape index (κ1) is 31.4. The number of benzene rings is 1. The Morgan fingerprint density at radius 1 is 1.15 bits per heavy atom. The van der Waals surface area contributed by atoms with Gasteiger partial charge in [0.1, 0.15) is 6.54 Å². The summed E-state index contributed by atoms with van der Waals surface area (Å²) < 4.78 is 69.1. The van der Waals surface area contributed by atoms with Gasteiger partial charge in [-0.05, 0) is 24.6 Å². The quantitative estimate of drug-likeness (QED) is 0.225. The van der Waals surface area contributed by atoms with Gasteiger partial charge in [-0.25, -0.2) is 18.7 Å². The molecule has 244 valence electrons. The van der Waals surface area contributed by atoms with E-state index in [-0.39, 0.29) is 28.9 Å². The Morgan fingerprint density at radius 2 is 1.91 bits per heavy atom. The molecule has 0 bridgehead atoms. The molecule has 0 aliphatic carbocycles. The lowest BCUT2D eigenvalue weighted by Gasteiger charge is -2.37. The number of alkyl halides is 5. The lowest BCUT2D eigenvalue weighted by Crippen LogP contribution is -2.59. The Balaban J connectivity index is 1.14. The summed E-state index contributed by atoms with van der Waals surface area (Å²) in [6.07, 6.45) is -2.69. The summed E-state index contributed by atoms with van der Waals surface area (Å²) in [6, 6.07) is 5.94. The number of carbonyl (C=O) groups excluding carboxylic acids is 1. The third kappa shape index (κ3) is 6.67. The molecule has 46 heavy (non-hydrogen) atoms. The lowest BCUT2D eigenvalue weighted by molar-refractivity contribution is -0.141. The molecule has 0 spiro atoms. The number of imidazole rings is 1. The van der Waals surface area contributed by atoms with Crippen LogP contribution in [0.5, 0.6) is 0 Å². The molecule has 16 heteroatoms. The van der Waals surface area contributed by atoms with Gasteiger partial charge in [-0.1, -0.05) is 12.6 Å². The molecule has 0 radical (unpaired) electrons. The molecule has 2 aliphatic rings. The molecule has 3 N–H and O–H groups in total. The summed E-state index contributed by atoms with van der Waals surface area (Å²) in [6.45, 7) is 10.3. The predicted molar refractivity (Wildman–Crippen MR) is 162 cm³/mol. The van der Waals surface area contributed by atoms with E-state index in [0.717, 1.165) is 62.3 Å². The molecule has 1 amide bonds. The number of hydrogen-bond acceptors (Lipinski definition) is 8. The van der Waals surface area contributed by atoms with Gasteiger partial charge in [0, 0.05) is 74.8 Å². The average Bonchev–Trinajstić information content (AvgIpc) is 3.60. The summed E-state index contributed by atoms with van der Waals surface area (Å²) in [5.41, 5.74) is 2.10. The van der Waals surface area contributed by atoms with Crippen LogP contribution in [0, 0.1) is 6.92 Å². The van der Waals surface area contributed by atoms with Crippen molar-refractivity contribution in [3.63, 3.8) is 0 Å². The van der Waals surface area contributed by atoms with E-state index >= 15 is 0 Å². The van der Waals surface area contributed by atoms with Crippen molar-refractivity contribution in [2.75, 3.05) is 51.1 Å². The van der Waals surface area contributed by atoms with E-state index in [1.165, 1.54) is 23.0 Å². The van der Waals surface area contributed by atoms with Crippen LogP contribution in [0.3, 0.4) is 0 Å². The molecule has 11 nitrogen and oxygen atoms in total. The number of halogens is 5. The fourth-order valence-electron chi connectivity index (χ4n) is 5.68. The second kappa shape index (κ2) is 12.7. The van der Waals surface area contributed by atoms with Gasteiger partial charge >= 0.3 is 6.18 Å². The second-order valence-corrected chi connectivity index (χ2v) is 11.4. The van der Waals surface area contributed by atoms with E-state index in [9.17, 15) is 26.7 Å². The number of aryl methyl sites for hydroxylation is 1. The number of hydrogen-bond donors (Lipinski definition) is 3. The number of nitrogens with one attached hydrogen (secondary N) is 3. The standard InChI is InChI=1S/C30H33F5N10O/c1-18-11-20(3-4-22(18)19(2)43-9-7-42(8-10-43)17-26(46)39-21-12-36-13-21)40-28-29-38-14-24(45(29)6-5-37-28)23-15-44(16-25(31)32)41-27(23)30(33,34)35/h3-6,11,14-15,21,25,36H,2,7-10,12-13,16-17H2,1H3,(H,37,40)(H,39,46). The minimum absolute atomic E-state index is 0.0347. The monoisotopic (exact) mass is 644 g/mol. The molecule has 2 saturated heterocycles. The zero-order valence-electron chi connectivity index (χ0n) is 25.0. The van der Waals surface area contributed by atoms with Gasteiger partial charge in [0.05, 0.1) is 30.0 Å². The van der Waals surface area contributed by atoms with E-state index in [2.05, 4.69) is 47.4 Å². The van der Waals surface area contributed by atoms with Crippen molar-refractivity contribution >= 4 is 28.8 Å². The zero-order valence-corrected chi connectivity index (χ0v) is 25.0. The Kier molecular flexibility index (Phi) is 8.65. The molecule has 2 fully saturated rings. The van der Waals surface area contributed by atoms with Gasteiger partial charge in [-0.2, -0.15) is 18.3 Å². The number of amides is 1. The predicted octanol–water partition coefficient (Wildman–Crippen LogP) is 3.61. The summed E-state index contributed by atoms with van der Waals surface area (Å²) in [5, 5.41) is 12.7. The fraction of sp³-hybridized carbons (Fsp3) is 0.400. The summed E-state index contributed by atoms with van der Waals surface area (Å²) in [7, 11) is 0. The highest BCUT2D eigenvalue weighted by atomic mass is 19.4. The Hall–Kier alpha value is -4.57. The zero-order chi connectivity index (χ0) is 32.6. The second-order valence-electron chi connectivity index (χ2n) is 11.4. The molecule has 0 unspecified atom stereocenters. The van der Waals surface area contributed by atoms with Gasteiger partial charge in [-0.15, -0.1) is 0 Å². The lowest BCUT2D eigenvalue weighted by atomic mass is 10.0. The van der Waals surface area contributed by atoms with Gasteiger partial charge < -0.3 is 20.9 Å². The molecule has 5 heterocycles. The Morgan fingerprint density at radius 3 is 2.57 bits per heavy atom. The minimum atomic E-state index is -4.86. The molecule has 4 aromatic rings. The molecular weight excluding hydrogens is 611 g/mol. The summed E-state index contributed by atoms with van der Waals surface area (Å²) in [5.74, 6) is 0.337. The van der Waals surface area contributed by atoms with Crippen molar-refractivity contribution in [2.45, 2.75) is 32.1 Å². The first-order chi connectivity index (χ1) is 22.0. The summed E-state index contributed by atoms with van der Waals surface area (Å²) in [4.78, 5) is 25.3. The van der Waals surface area contributed by atoms with Crippen LogP contribution in [-0.2, 0) is 17.5 Å². The highest BCUT2D eigenvalue weighted by molar-refractivity contribution is 5.79. The van der Waals surface area contributed by atoms with Crippen LogP contribution in [0.25, 0.3) is 22.6 Å². The van der Waals surface area contributed by atoms with Crippen molar-refractivity contribution in [2.24, 2.45) is 0 Å². The van der Waals surface area contributed by atoms with Gasteiger partial charge in [0.25, 0.3) is 6.43 Å². The van der Waals surface area contributed by atoms with Crippen LogP contribution < -0.4 is 16.0 Å². The van der Waals surface area contributed by atoms with Gasteiger partial charge in [-0.3, -0.25) is 18.8 Å². The Bertz CT molecular complexity index is 1740. The SMILES string of the molecule is C=C(c1ccc(Nc2nccn3c(-c4cn(CC(F)F)nc4C(F)(F)F)cnc23)cc1C)N1CCN(CC(=O)NC2CNC2)CC1. The summed E-state index contributed by atoms with van der Waals surface area (Å²) >= 11 is 0. The molecule has 2 aliphatic heterocycles. The van der Waals surface area contributed by atoms with Crippen molar-refractivity contribution < 1.29 is 26.7 Å². The van der Waals surface area contributed by atoms with Crippen molar-refractivity contribution in [3.8, 4) is 11.3 Å². The smallest absolute Gasteiger partial charge is 0.369 e. The first-order valence-corrected chi connectivity index (χ1v) is 14.8. The van der Waals surface area contributed by atoms with Crippen LogP contribution in [0.2, 0.25) is 0 Å². The van der Waals surface area contributed by atoms with E-state index in [1.54, 1.807) is 0 Å². The van der Waals surface area contributed by atoms with Gasteiger partial charge in [0.15, 0.2) is 17.2 Å². The number of fused-ring (bicyclic) bond motifs is 1. The van der Waals surface area contributed by atoms with Crippen LogP contribution in [0.4, 0.5) is 33.5 Å². The average molecular weight is 645 g/mol. The third-order valence-corrected chi connectivity index (χ3v) is 8.13. The minimum Gasteiger partial charge on any atom is -0.369 e. The molecule has 0 saturated carbocycles. The maximum Gasteiger partial charge on any atom is 0.435 e. The largest absolute Gasteiger partial charge is 0.435 e. The fourth-order valence-corrected chi connectivity index (χ4v) is 5.68. The normalized spacial score (nSPS) is 16.2. The Labute approximate surface area is 261 Å². The van der Waals surface area contributed by atoms with Crippen molar-refractivity contribution in [1.82, 2.24) is 44.6 Å². The third-order valence-electron chi connectivity index (χ3n) is 8.13. The number of nitrogens with zero attached hydrogens (tertiary/aromatic N) is 7. The maximum absolute atomic E-state index is 13.8. The van der Waals surface area contributed by atoms with Crippen LogP contribution >= 0.6 is 0 Å². The molecular formula is C30H33F5N10O. The van der Waals surface area contributed by atoms with Crippen molar-refractivity contribution in [3.05, 3.63) is 66.4 Å². The first-order valence-electron chi connectivity index (χ1n) is 14.8. The van der Waals surface area contributed by atoms with Gasteiger partial charge in [0.2, 0.25) is 5.91 Å². The molecule has 3 aromatic heterocycles. The van der Waals surface area contributed by atoms with E-state index in [1.807, 2.05) is 25.1 Å². The van der Waals surface area contributed by atoms with Crippen LogP contribution in [0.1, 0.15) is 16.8 Å². The number of rotatable bonds is 10. The molecule has 1 aromatic carbocycles. The maximum atomic E-state index is 13.8. The van der Waals surface area contributed by atoms with E-state index in [4.69, 9.17) is 0 Å².